The van der Waals surface area contributed by atoms with Gasteiger partial charge in [0.25, 0.3) is 0 Å². The van der Waals surface area contributed by atoms with Crippen molar-refractivity contribution in [2.45, 2.75) is 47.1 Å². The summed E-state index contributed by atoms with van der Waals surface area (Å²) in [6.07, 6.45) is 1.05. The number of phenols is 1. The van der Waals surface area contributed by atoms with E-state index in [4.69, 9.17) is 0 Å². The Morgan fingerprint density at radius 1 is 1.17 bits per heavy atom. The summed E-state index contributed by atoms with van der Waals surface area (Å²) in [7, 11) is 0. The highest BCUT2D eigenvalue weighted by Crippen LogP contribution is 2.27. The van der Waals surface area contributed by atoms with Gasteiger partial charge in [0.1, 0.15) is 5.75 Å². The summed E-state index contributed by atoms with van der Waals surface area (Å²) in [5.41, 5.74) is 1.54. The van der Waals surface area contributed by atoms with Crippen LogP contribution < -0.4 is 5.32 Å². The molecule has 18 heavy (non-hydrogen) atoms. The van der Waals surface area contributed by atoms with E-state index in [9.17, 15) is 5.11 Å². The van der Waals surface area contributed by atoms with Gasteiger partial charge in [0, 0.05) is 12.6 Å². The molecule has 2 nitrogen and oxygen atoms in total. The number of hydrogen-bond acceptors (Lipinski definition) is 2. The van der Waals surface area contributed by atoms with Crippen LogP contribution in [-0.4, -0.2) is 11.7 Å². The summed E-state index contributed by atoms with van der Waals surface area (Å²) in [4.78, 5) is 0. The number of phenolic OH excluding ortho intramolecular Hbond substituents is 1. The molecule has 0 amide bonds. The van der Waals surface area contributed by atoms with Gasteiger partial charge >= 0.3 is 0 Å². The Morgan fingerprint density at radius 2 is 1.72 bits per heavy atom. The van der Waals surface area contributed by atoms with Gasteiger partial charge in [-0.1, -0.05) is 46.8 Å². The van der Waals surface area contributed by atoms with Gasteiger partial charge in [0.15, 0.2) is 0 Å². The van der Waals surface area contributed by atoms with Crippen molar-refractivity contribution < 1.29 is 5.11 Å². The molecule has 0 aromatic heterocycles. The molecule has 0 fully saturated rings. The summed E-state index contributed by atoms with van der Waals surface area (Å²) in [6.45, 7) is 12.3. The van der Waals surface area contributed by atoms with Crippen LogP contribution in [0.15, 0.2) is 24.3 Å². The first-order valence-electron chi connectivity index (χ1n) is 6.89. The fourth-order valence-electron chi connectivity index (χ4n) is 1.79. The van der Waals surface area contributed by atoms with E-state index in [2.05, 4.69) is 39.9 Å². The molecule has 0 spiro atoms. The SMILES string of the molecule is CCC(NCC(C)(C)C(C)C)c1ccc(O)cc1. The minimum Gasteiger partial charge on any atom is -0.508 e. The van der Waals surface area contributed by atoms with E-state index in [0.717, 1.165) is 13.0 Å². The van der Waals surface area contributed by atoms with Crippen molar-refractivity contribution >= 4 is 0 Å². The van der Waals surface area contributed by atoms with Crippen molar-refractivity contribution in [3.63, 3.8) is 0 Å². The molecule has 1 aromatic carbocycles. The van der Waals surface area contributed by atoms with E-state index in [-0.39, 0.29) is 0 Å². The second kappa shape index (κ2) is 6.24. The van der Waals surface area contributed by atoms with Crippen molar-refractivity contribution in [3.05, 3.63) is 29.8 Å². The smallest absolute Gasteiger partial charge is 0.115 e. The molecule has 0 aliphatic heterocycles. The molecule has 0 aliphatic carbocycles. The van der Waals surface area contributed by atoms with Crippen LogP contribution in [0.3, 0.4) is 0 Å². The van der Waals surface area contributed by atoms with Crippen LogP contribution in [0.25, 0.3) is 0 Å². The lowest BCUT2D eigenvalue weighted by molar-refractivity contribution is 0.227. The fraction of sp³-hybridized carbons (Fsp3) is 0.625. The van der Waals surface area contributed by atoms with Crippen LogP contribution in [0.4, 0.5) is 0 Å². The van der Waals surface area contributed by atoms with Crippen molar-refractivity contribution in [2.24, 2.45) is 11.3 Å². The molecule has 0 heterocycles. The van der Waals surface area contributed by atoms with Crippen molar-refractivity contribution in [3.8, 4) is 5.75 Å². The third kappa shape index (κ3) is 4.02. The zero-order chi connectivity index (χ0) is 13.8. The van der Waals surface area contributed by atoms with Crippen LogP contribution in [0.2, 0.25) is 0 Å². The topological polar surface area (TPSA) is 32.3 Å². The number of benzene rings is 1. The van der Waals surface area contributed by atoms with Gasteiger partial charge in [0.05, 0.1) is 0 Å². The van der Waals surface area contributed by atoms with Crippen LogP contribution >= 0.6 is 0 Å². The van der Waals surface area contributed by atoms with E-state index in [0.29, 0.717) is 23.1 Å². The molecule has 0 saturated heterocycles. The van der Waals surface area contributed by atoms with Crippen LogP contribution in [-0.2, 0) is 0 Å². The Hall–Kier alpha value is -1.02. The molecule has 1 aromatic rings. The predicted octanol–water partition coefficient (Wildman–Crippen LogP) is 4.12. The number of rotatable bonds is 6. The highest BCUT2D eigenvalue weighted by atomic mass is 16.3. The first-order chi connectivity index (χ1) is 8.36. The Bertz CT molecular complexity index is 354. The zero-order valence-corrected chi connectivity index (χ0v) is 12.3. The van der Waals surface area contributed by atoms with Crippen molar-refractivity contribution in [1.82, 2.24) is 5.32 Å². The maximum Gasteiger partial charge on any atom is 0.115 e. The summed E-state index contributed by atoms with van der Waals surface area (Å²) in [5, 5.41) is 13.0. The lowest BCUT2D eigenvalue weighted by atomic mass is 9.81. The molecular weight excluding hydrogens is 222 g/mol. The maximum atomic E-state index is 9.32. The normalized spacial score (nSPS) is 13.9. The molecule has 102 valence electrons. The monoisotopic (exact) mass is 249 g/mol. The summed E-state index contributed by atoms with van der Waals surface area (Å²) >= 11 is 0. The van der Waals surface area contributed by atoms with Gasteiger partial charge in [-0.3, -0.25) is 0 Å². The molecule has 0 saturated carbocycles. The molecule has 2 N–H and O–H groups in total. The predicted molar refractivity (Wildman–Crippen MR) is 77.8 cm³/mol. The summed E-state index contributed by atoms with van der Waals surface area (Å²) in [5.74, 6) is 0.985. The minimum absolute atomic E-state index is 0.296. The Labute approximate surface area is 111 Å². The number of hydrogen-bond donors (Lipinski definition) is 2. The average molecular weight is 249 g/mol. The highest BCUT2D eigenvalue weighted by molar-refractivity contribution is 5.27. The molecule has 0 radical (unpaired) electrons. The van der Waals surface area contributed by atoms with Gasteiger partial charge < -0.3 is 10.4 Å². The summed E-state index contributed by atoms with van der Waals surface area (Å²) < 4.78 is 0. The fourth-order valence-corrected chi connectivity index (χ4v) is 1.79. The van der Waals surface area contributed by atoms with Crippen molar-refractivity contribution in [2.75, 3.05) is 6.54 Å². The second-order valence-electron chi connectivity index (χ2n) is 6.08. The molecule has 1 rings (SSSR count). The molecule has 1 atom stereocenters. The van der Waals surface area contributed by atoms with E-state index in [1.807, 2.05) is 12.1 Å². The standard InChI is InChI=1S/C16H27NO/c1-6-15(13-7-9-14(18)10-8-13)17-11-16(4,5)12(2)3/h7-10,12,15,17-18H,6,11H2,1-5H3. The molecule has 1 unspecified atom stereocenters. The number of aromatic hydroxyl groups is 1. The van der Waals surface area contributed by atoms with Gasteiger partial charge in [-0.2, -0.15) is 0 Å². The van der Waals surface area contributed by atoms with Gasteiger partial charge in [-0.25, -0.2) is 0 Å². The van der Waals surface area contributed by atoms with E-state index in [1.54, 1.807) is 12.1 Å². The molecular formula is C16H27NO. The third-order valence-corrected chi connectivity index (χ3v) is 4.07. The zero-order valence-electron chi connectivity index (χ0n) is 12.3. The molecule has 2 heteroatoms. The second-order valence-corrected chi connectivity index (χ2v) is 6.08. The van der Waals surface area contributed by atoms with E-state index in [1.165, 1.54) is 5.56 Å². The lowest BCUT2D eigenvalue weighted by Crippen LogP contribution is -2.35. The van der Waals surface area contributed by atoms with Crippen LogP contribution in [0.1, 0.15) is 52.6 Å². The third-order valence-electron chi connectivity index (χ3n) is 4.07. The van der Waals surface area contributed by atoms with Crippen LogP contribution in [0.5, 0.6) is 5.75 Å². The van der Waals surface area contributed by atoms with Crippen molar-refractivity contribution in [1.29, 1.82) is 0 Å². The minimum atomic E-state index is 0.296. The first-order valence-corrected chi connectivity index (χ1v) is 6.89. The van der Waals surface area contributed by atoms with Gasteiger partial charge in [-0.05, 0) is 35.4 Å². The Morgan fingerprint density at radius 3 is 2.17 bits per heavy atom. The van der Waals surface area contributed by atoms with Gasteiger partial charge in [0.2, 0.25) is 0 Å². The number of nitrogens with one attached hydrogen (secondary N) is 1. The average Bonchev–Trinajstić information content (AvgIpc) is 2.31. The quantitative estimate of drug-likeness (QED) is 0.795. The molecule has 0 bridgehead atoms. The van der Waals surface area contributed by atoms with E-state index >= 15 is 0 Å². The lowest BCUT2D eigenvalue weighted by Gasteiger charge is -2.32. The first kappa shape index (κ1) is 15.0. The van der Waals surface area contributed by atoms with Gasteiger partial charge in [-0.15, -0.1) is 0 Å². The maximum absolute atomic E-state index is 9.32. The summed E-state index contributed by atoms with van der Waals surface area (Å²) in [6, 6.07) is 7.88. The largest absolute Gasteiger partial charge is 0.508 e. The Balaban J connectivity index is 2.66. The highest BCUT2D eigenvalue weighted by Gasteiger charge is 2.23. The Kier molecular flexibility index (Phi) is 5.21. The molecule has 0 aliphatic rings. The van der Waals surface area contributed by atoms with Crippen LogP contribution in [0, 0.1) is 11.3 Å². The van der Waals surface area contributed by atoms with E-state index < -0.39 is 0 Å².